The molecule has 6 rings (SSSR count). The van der Waals surface area contributed by atoms with E-state index in [9.17, 15) is 9.90 Å². The molecular weight excluding hydrogens is 544 g/mol. The lowest BCUT2D eigenvalue weighted by molar-refractivity contribution is -0.133. The van der Waals surface area contributed by atoms with Crippen molar-refractivity contribution in [1.82, 2.24) is 20.0 Å². The summed E-state index contributed by atoms with van der Waals surface area (Å²) in [5.41, 5.74) is 15.2. The number of benzene rings is 2. The van der Waals surface area contributed by atoms with Crippen molar-refractivity contribution in [2.75, 3.05) is 74.5 Å². The van der Waals surface area contributed by atoms with Crippen LogP contribution >= 0.6 is 0 Å². The van der Waals surface area contributed by atoms with E-state index in [1.54, 1.807) is 12.1 Å². The average Bonchev–Trinajstić information content (AvgIpc) is 3.30. The molecule has 43 heavy (non-hydrogen) atoms. The number of nitrogens with two attached hydrogens (primary N) is 2. The lowest BCUT2D eigenvalue weighted by Gasteiger charge is -2.43. The standard InChI is InChI=1S/C32H42N8O3/c33-12-4-9-31(42)38-15-13-37(14-16-38)17-18-43-26-6-3-5-23(19-26)40-24-10-11-25(40)22-39(21-24)29-20-28(35-36-32(29)34)27-7-1-2-8-30(27)41/h1-3,5-8,19-20,24-25,41H,4,9-18,21-22,33H2,(H2,34,36). The fourth-order valence-electron chi connectivity index (χ4n) is 6.65. The smallest absolute Gasteiger partial charge is 0.222 e. The van der Waals surface area contributed by atoms with Gasteiger partial charge in [-0.15, -0.1) is 10.2 Å². The van der Waals surface area contributed by atoms with Crippen molar-refractivity contribution < 1.29 is 14.6 Å². The second kappa shape index (κ2) is 13.0. The molecule has 5 N–H and O–H groups in total. The second-order valence-corrected chi connectivity index (χ2v) is 11.7. The van der Waals surface area contributed by atoms with Crippen LogP contribution in [0, 0.1) is 0 Å². The van der Waals surface area contributed by atoms with Gasteiger partial charge in [0.2, 0.25) is 5.91 Å². The fourth-order valence-corrected chi connectivity index (χ4v) is 6.65. The minimum absolute atomic E-state index is 0.174. The maximum Gasteiger partial charge on any atom is 0.222 e. The average molecular weight is 587 g/mol. The molecule has 0 aliphatic carbocycles. The van der Waals surface area contributed by atoms with E-state index >= 15 is 0 Å². The van der Waals surface area contributed by atoms with Crippen LogP contribution in [0.5, 0.6) is 11.5 Å². The van der Waals surface area contributed by atoms with Gasteiger partial charge < -0.3 is 36.0 Å². The quantitative estimate of drug-likeness (QED) is 0.325. The summed E-state index contributed by atoms with van der Waals surface area (Å²) < 4.78 is 6.20. The van der Waals surface area contributed by atoms with Gasteiger partial charge in [0, 0.05) is 81.6 Å². The van der Waals surface area contributed by atoms with Gasteiger partial charge in [-0.25, -0.2) is 0 Å². The molecule has 2 aromatic carbocycles. The maximum absolute atomic E-state index is 12.3. The van der Waals surface area contributed by atoms with Crippen LogP contribution in [-0.2, 0) is 4.79 Å². The molecule has 0 saturated carbocycles. The largest absolute Gasteiger partial charge is 0.507 e. The number of phenols is 1. The zero-order valence-electron chi connectivity index (χ0n) is 24.6. The number of carbonyl (C=O) groups excluding carboxylic acids is 1. The molecule has 0 radical (unpaired) electrons. The molecule has 4 heterocycles. The number of anilines is 3. The van der Waals surface area contributed by atoms with Crippen molar-refractivity contribution in [2.45, 2.75) is 37.8 Å². The summed E-state index contributed by atoms with van der Waals surface area (Å²) in [5, 5.41) is 18.8. The minimum atomic E-state index is 0.174. The van der Waals surface area contributed by atoms with Crippen LogP contribution < -0.4 is 26.0 Å². The molecule has 1 aromatic heterocycles. The summed E-state index contributed by atoms with van der Waals surface area (Å²) in [4.78, 5) is 21.4. The topological polar surface area (TPSA) is 137 Å². The van der Waals surface area contributed by atoms with Crippen LogP contribution in [0.15, 0.2) is 54.6 Å². The first-order valence-corrected chi connectivity index (χ1v) is 15.4. The number of aromatic hydroxyl groups is 1. The third kappa shape index (κ3) is 6.47. The Morgan fingerprint density at radius 1 is 0.977 bits per heavy atom. The molecule has 3 aliphatic heterocycles. The van der Waals surface area contributed by atoms with Gasteiger partial charge in [-0.1, -0.05) is 18.2 Å². The number of hydrogen-bond donors (Lipinski definition) is 3. The van der Waals surface area contributed by atoms with Crippen molar-refractivity contribution >= 4 is 23.1 Å². The molecule has 3 aliphatic rings. The highest BCUT2D eigenvalue weighted by atomic mass is 16.5. The van der Waals surface area contributed by atoms with Crippen LogP contribution in [-0.4, -0.2) is 102 Å². The van der Waals surface area contributed by atoms with Gasteiger partial charge in [0.15, 0.2) is 5.82 Å². The number of nitrogens with zero attached hydrogens (tertiary/aromatic N) is 6. The number of nitrogen functional groups attached to an aromatic ring is 1. The van der Waals surface area contributed by atoms with Crippen molar-refractivity contribution in [3.63, 3.8) is 0 Å². The fraction of sp³-hybridized carbons (Fsp3) is 0.469. The predicted octanol–water partition coefficient (Wildman–Crippen LogP) is 2.55. The molecule has 0 spiro atoms. The highest BCUT2D eigenvalue weighted by Crippen LogP contribution is 2.39. The van der Waals surface area contributed by atoms with E-state index in [4.69, 9.17) is 16.2 Å². The molecule has 2 bridgehead atoms. The highest BCUT2D eigenvalue weighted by Gasteiger charge is 2.40. The molecule has 3 saturated heterocycles. The van der Waals surface area contributed by atoms with Gasteiger partial charge in [-0.3, -0.25) is 9.69 Å². The Morgan fingerprint density at radius 3 is 2.49 bits per heavy atom. The van der Waals surface area contributed by atoms with E-state index in [1.807, 2.05) is 29.2 Å². The lowest BCUT2D eigenvalue weighted by atomic mass is 10.1. The molecular formula is C32H42N8O3. The van der Waals surface area contributed by atoms with Crippen molar-refractivity contribution in [1.29, 1.82) is 0 Å². The number of rotatable bonds is 10. The molecule has 3 fully saturated rings. The Hall–Kier alpha value is -4.09. The molecule has 3 aromatic rings. The highest BCUT2D eigenvalue weighted by molar-refractivity contribution is 5.76. The third-order valence-electron chi connectivity index (χ3n) is 8.92. The van der Waals surface area contributed by atoms with Gasteiger partial charge in [0.25, 0.3) is 0 Å². The number of hydrogen-bond acceptors (Lipinski definition) is 10. The van der Waals surface area contributed by atoms with Crippen molar-refractivity contribution in [3.05, 3.63) is 54.6 Å². The summed E-state index contributed by atoms with van der Waals surface area (Å²) in [6.45, 7) is 6.95. The van der Waals surface area contributed by atoms with Crippen LogP contribution in [0.25, 0.3) is 11.3 Å². The second-order valence-electron chi connectivity index (χ2n) is 11.7. The number of fused-ring (bicyclic) bond motifs is 2. The number of ether oxygens (including phenoxy) is 1. The van der Waals surface area contributed by atoms with Gasteiger partial charge in [-0.2, -0.15) is 0 Å². The maximum atomic E-state index is 12.3. The number of carbonyl (C=O) groups is 1. The Labute approximate surface area is 253 Å². The van der Waals surface area contributed by atoms with Gasteiger partial charge >= 0.3 is 0 Å². The number of piperazine rings is 2. The van der Waals surface area contributed by atoms with E-state index in [-0.39, 0.29) is 11.7 Å². The van der Waals surface area contributed by atoms with Crippen molar-refractivity contribution in [3.8, 4) is 22.8 Å². The normalized spacial score (nSPS) is 20.4. The molecule has 228 valence electrons. The van der Waals surface area contributed by atoms with E-state index in [0.29, 0.717) is 48.7 Å². The molecule has 11 heteroatoms. The summed E-state index contributed by atoms with van der Waals surface area (Å²) in [6, 6.07) is 18.2. The summed E-state index contributed by atoms with van der Waals surface area (Å²) in [7, 11) is 0. The van der Waals surface area contributed by atoms with E-state index in [1.165, 1.54) is 5.69 Å². The van der Waals surface area contributed by atoms with E-state index in [2.05, 4.69) is 43.1 Å². The molecule has 2 atom stereocenters. The van der Waals surface area contributed by atoms with Crippen LogP contribution in [0.4, 0.5) is 17.2 Å². The lowest BCUT2D eigenvalue weighted by Crippen LogP contribution is -2.54. The SMILES string of the molecule is NCCCC(=O)N1CCN(CCOc2cccc(N3C4CCC3CN(c3cc(-c5ccccc5O)nnc3N)C4)c2)CC1. The third-order valence-corrected chi connectivity index (χ3v) is 8.92. The van der Waals surface area contributed by atoms with Gasteiger partial charge in [0.1, 0.15) is 18.1 Å². The molecule has 1 amide bonds. The monoisotopic (exact) mass is 586 g/mol. The van der Waals surface area contributed by atoms with Gasteiger partial charge in [0.05, 0.1) is 11.4 Å². The number of aromatic nitrogens is 2. The van der Waals surface area contributed by atoms with Gasteiger partial charge in [-0.05, 0) is 56.1 Å². The summed E-state index contributed by atoms with van der Waals surface area (Å²) in [5.74, 6) is 1.67. The number of amides is 1. The van der Waals surface area contributed by atoms with Crippen LogP contribution in [0.2, 0.25) is 0 Å². The zero-order chi connectivity index (χ0) is 29.8. The Morgan fingerprint density at radius 2 is 1.74 bits per heavy atom. The first kappa shape index (κ1) is 29.0. The first-order chi connectivity index (χ1) is 21.0. The Kier molecular flexibility index (Phi) is 8.80. The molecule has 2 unspecified atom stereocenters. The summed E-state index contributed by atoms with van der Waals surface area (Å²) in [6.07, 6.45) is 3.51. The Balaban J connectivity index is 1.05. The predicted molar refractivity (Wildman–Crippen MR) is 168 cm³/mol. The Bertz CT molecular complexity index is 1400. The molecule has 11 nitrogen and oxygen atoms in total. The first-order valence-electron chi connectivity index (χ1n) is 15.4. The van der Waals surface area contributed by atoms with Crippen LogP contribution in [0.1, 0.15) is 25.7 Å². The number of para-hydroxylation sites is 1. The zero-order valence-corrected chi connectivity index (χ0v) is 24.6. The summed E-state index contributed by atoms with van der Waals surface area (Å²) >= 11 is 0. The van der Waals surface area contributed by atoms with Crippen molar-refractivity contribution in [2.24, 2.45) is 5.73 Å². The minimum Gasteiger partial charge on any atom is -0.507 e. The van der Waals surface area contributed by atoms with Crippen LogP contribution in [0.3, 0.4) is 0 Å². The number of phenolic OH excluding ortho intramolecular Hbond substituents is 1. The van der Waals surface area contributed by atoms with E-state index in [0.717, 1.165) is 76.5 Å². The van der Waals surface area contributed by atoms with E-state index < -0.39 is 0 Å².